The Morgan fingerprint density at radius 1 is 1.50 bits per heavy atom. The number of benzene rings is 1. The average Bonchev–Trinajstić information content (AvgIpc) is 2.30. The van der Waals surface area contributed by atoms with Gasteiger partial charge < -0.3 is 10.1 Å². The van der Waals surface area contributed by atoms with Gasteiger partial charge in [0.1, 0.15) is 5.75 Å². The number of ether oxygens (including phenoxy) is 1. The first-order valence-corrected chi connectivity index (χ1v) is 5.55. The smallest absolute Gasteiger partial charge is 0.179 e. The molecule has 1 aromatic carbocycles. The van der Waals surface area contributed by atoms with Gasteiger partial charge in [0.2, 0.25) is 0 Å². The highest BCUT2D eigenvalue weighted by atomic mass is 16.5. The summed E-state index contributed by atoms with van der Waals surface area (Å²) < 4.78 is 5.43. The van der Waals surface area contributed by atoms with Crippen LogP contribution in [-0.2, 0) is 0 Å². The van der Waals surface area contributed by atoms with Crippen LogP contribution in [0.3, 0.4) is 0 Å². The van der Waals surface area contributed by atoms with E-state index in [0.29, 0.717) is 6.61 Å². The Morgan fingerprint density at radius 3 is 2.69 bits per heavy atom. The number of aryl methyl sites for hydroxylation is 1. The molecule has 0 heterocycles. The van der Waals surface area contributed by atoms with Crippen LogP contribution in [0.25, 0.3) is 0 Å². The standard InChI is InChI=1S/C13H19NO2/c1-5-16-12-7-6-11(8-9(12)2)13(15)10(3)14-4/h6-8,10,14H,5H2,1-4H3. The van der Waals surface area contributed by atoms with Crippen LogP contribution < -0.4 is 10.1 Å². The Kier molecular flexibility index (Phi) is 4.50. The summed E-state index contributed by atoms with van der Waals surface area (Å²) in [6.07, 6.45) is 0. The summed E-state index contributed by atoms with van der Waals surface area (Å²) in [5.41, 5.74) is 1.72. The second-order valence-electron chi connectivity index (χ2n) is 3.79. The summed E-state index contributed by atoms with van der Waals surface area (Å²) in [4.78, 5) is 11.9. The minimum Gasteiger partial charge on any atom is -0.494 e. The van der Waals surface area contributed by atoms with Gasteiger partial charge in [-0.15, -0.1) is 0 Å². The maximum Gasteiger partial charge on any atom is 0.179 e. The maximum absolute atomic E-state index is 11.9. The lowest BCUT2D eigenvalue weighted by Gasteiger charge is -2.11. The lowest BCUT2D eigenvalue weighted by molar-refractivity contribution is 0.0955. The van der Waals surface area contributed by atoms with Gasteiger partial charge in [-0.05, 0) is 51.6 Å². The zero-order valence-electron chi connectivity index (χ0n) is 10.3. The molecule has 0 radical (unpaired) electrons. The fourth-order valence-electron chi connectivity index (χ4n) is 1.50. The van der Waals surface area contributed by atoms with E-state index in [2.05, 4.69) is 5.32 Å². The zero-order chi connectivity index (χ0) is 12.1. The molecular formula is C13H19NO2. The summed E-state index contributed by atoms with van der Waals surface area (Å²) in [6.45, 7) is 6.39. The maximum atomic E-state index is 11.9. The Bertz CT molecular complexity index is 374. The van der Waals surface area contributed by atoms with Crippen molar-refractivity contribution >= 4 is 5.78 Å². The summed E-state index contributed by atoms with van der Waals surface area (Å²) in [7, 11) is 1.78. The number of ketones is 1. The topological polar surface area (TPSA) is 38.3 Å². The molecule has 1 atom stereocenters. The van der Waals surface area contributed by atoms with Gasteiger partial charge in [-0.1, -0.05) is 0 Å². The third-order valence-corrected chi connectivity index (χ3v) is 2.59. The van der Waals surface area contributed by atoms with Crippen LogP contribution in [0.4, 0.5) is 0 Å². The Balaban J connectivity index is 2.92. The molecule has 3 heteroatoms. The van der Waals surface area contributed by atoms with Crippen molar-refractivity contribution in [2.24, 2.45) is 0 Å². The van der Waals surface area contributed by atoms with Gasteiger partial charge in [0.25, 0.3) is 0 Å². The SMILES string of the molecule is CCOc1ccc(C(=O)C(C)NC)cc1C. The van der Waals surface area contributed by atoms with Crippen molar-refractivity contribution in [3.8, 4) is 5.75 Å². The minimum atomic E-state index is -0.155. The van der Waals surface area contributed by atoms with E-state index >= 15 is 0 Å². The van der Waals surface area contributed by atoms with Gasteiger partial charge in [0, 0.05) is 5.56 Å². The molecule has 0 spiro atoms. The van der Waals surface area contributed by atoms with Gasteiger partial charge in [-0.3, -0.25) is 4.79 Å². The fourth-order valence-corrected chi connectivity index (χ4v) is 1.50. The third kappa shape index (κ3) is 2.83. The van der Waals surface area contributed by atoms with E-state index in [1.165, 1.54) is 0 Å². The molecule has 0 aliphatic heterocycles. The summed E-state index contributed by atoms with van der Waals surface area (Å²) >= 11 is 0. The summed E-state index contributed by atoms with van der Waals surface area (Å²) in [5, 5.41) is 2.94. The van der Waals surface area contributed by atoms with Crippen molar-refractivity contribution in [3.05, 3.63) is 29.3 Å². The molecule has 1 N–H and O–H groups in total. The van der Waals surface area contributed by atoms with E-state index < -0.39 is 0 Å². The number of carbonyl (C=O) groups is 1. The molecule has 1 rings (SSSR count). The van der Waals surface area contributed by atoms with Crippen molar-refractivity contribution < 1.29 is 9.53 Å². The molecule has 0 amide bonds. The lowest BCUT2D eigenvalue weighted by atomic mass is 10.0. The highest BCUT2D eigenvalue weighted by Crippen LogP contribution is 2.19. The van der Waals surface area contributed by atoms with Gasteiger partial charge in [0.15, 0.2) is 5.78 Å². The van der Waals surface area contributed by atoms with Crippen molar-refractivity contribution in [3.63, 3.8) is 0 Å². The van der Waals surface area contributed by atoms with Crippen molar-refractivity contribution in [1.82, 2.24) is 5.32 Å². The average molecular weight is 221 g/mol. The molecule has 1 unspecified atom stereocenters. The first-order valence-electron chi connectivity index (χ1n) is 5.55. The number of nitrogens with one attached hydrogen (secondary N) is 1. The van der Waals surface area contributed by atoms with Crippen molar-refractivity contribution in [2.75, 3.05) is 13.7 Å². The predicted octanol–water partition coefficient (Wildman–Crippen LogP) is 2.18. The molecule has 0 saturated carbocycles. The number of likely N-dealkylation sites (N-methyl/N-ethyl adjacent to an activating group) is 1. The van der Waals surface area contributed by atoms with E-state index in [9.17, 15) is 4.79 Å². The van der Waals surface area contributed by atoms with E-state index in [4.69, 9.17) is 4.74 Å². The summed E-state index contributed by atoms with van der Waals surface area (Å²) in [6, 6.07) is 5.39. The van der Waals surface area contributed by atoms with Crippen LogP contribution >= 0.6 is 0 Å². The normalized spacial score (nSPS) is 12.2. The van der Waals surface area contributed by atoms with Crippen molar-refractivity contribution in [2.45, 2.75) is 26.8 Å². The first-order chi connectivity index (χ1) is 7.60. The second-order valence-corrected chi connectivity index (χ2v) is 3.79. The zero-order valence-corrected chi connectivity index (χ0v) is 10.3. The highest BCUT2D eigenvalue weighted by Gasteiger charge is 2.13. The molecule has 0 fully saturated rings. The highest BCUT2D eigenvalue weighted by molar-refractivity contribution is 6.00. The predicted molar refractivity (Wildman–Crippen MR) is 65.2 cm³/mol. The third-order valence-electron chi connectivity index (χ3n) is 2.59. The molecule has 3 nitrogen and oxygen atoms in total. The number of hydrogen-bond acceptors (Lipinski definition) is 3. The van der Waals surface area contributed by atoms with Crippen LogP contribution in [0.2, 0.25) is 0 Å². The molecule has 88 valence electrons. The first kappa shape index (κ1) is 12.7. The number of rotatable bonds is 5. The van der Waals surface area contributed by atoms with Crippen LogP contribution in [0.15, 0.2) is 18.2 Å². The van der Waals surface area contributed by atoms with Gasteiger partial charge in [0.05, 0.1) is 12.6 Å². The molecule has 0 aromatic heterocycles. The van der Waals surface area contributed by atoms with E-state index in [-0.39, 0.29) is 11.8 Å². The van der Waals surface area contributed by atoms with Crippen LogP contribution in [-0.4, -0.2) is 25.5 Å². The van der Waals surface area contributed by atoms with Crippen LogP contribution in [0, 0.1) is 6.92 Å². The Hall–Kier alpha value is -1.35. The van der Waals surface area contributed by atoms with E-state index in [0.717, 1.165) is 16.9 Å². The molecular weight excluding hydrogens is 202 g/mol. The summed E-state index contributed by atoms with van der Waals surface area (Å²) in [5.74, 6) is 0.949. The molecule has 0 bridgehead atoms. The number of hydrogen-bond donors (Lipinski definition) is 1. The second kappa shape index (κ2) is 5.66. The quantitative estimate of drug-likeness (QED) is 0.774. The Morgan fingerprint density at radius 2 is 2.19 bits per heavy atom. The molecule has 0 aliphatic rings. The molecule has 16 heavy (non-hydrogen) atoms. The minimum absolute atomic E-state index is 0.105. The Labute approximate surface area is 96.8 Å². The van der Waals surface area contributed by atoms with Crippen LogP contribution in [0.1, 0.15) is 29.8 Å². The van der Waals surface area contributed by atoms with Gasteiger partial charge in [-0.2, -0.15) is 0 Å². The van der Waals surface area contributed by atoms with Gasteiger partial charge >= 0.3 is 0 Å². The van der Waals surface area contributed by atoms with Crippen LogP contribution in [0.5, 0.6) is 5.75 Å². The monoisotopic (exact) mass is 221 g/mol. The largest absolute Gasteiger partial charge is 0.494 e. The van der Waals surface area contributed by atoms with E-state index in [1.54, 1.807) is 7.05 Å². The number of Topliss-reactive ketones (excluding diaryl/α,β-unsaturated/α-hetero) is 1. The molecule has 1 aromatic rings. The lowest BCUT2D eigenvalue weighted by Crippen LogP contribution is -2.30. The van der Waals surface area contributed by atoms with Gasteiger partial charge in [-0.25, -0.2) is 0 Å². The number of carbonyl (C=O) groups excluding carboxylic acids is 1. The fraction of sp³-hybridized carbons (Fsp3) is 0.462. The molecule has 0 aliphatic carbocycles. The van der Waals surface area contributed by atoms with Crippen molar-refractivity contribution in [1.29, 1.82) is 0 Å². The molecule has 0 saturated heterocycles. The van der Waals surface area contributed by atoms with E-state index in [1.807, 2.05) is 39.0 Å².